The van der Waals surface area contributed by atoms with Gasteiger partial charge in [-0.1, -0.05) is 6.07 Å². The number of ether oxygens (including phenoxy) is 2. The average Bonchev–Trinajstić information content (AvgIpc) is 3.39. The van der Waals surface area contributed by atoms with E-state index in [4.69, 9.17) is 14.7 Å². The molecule has 2 fully saturated rings. The van der Waals surface area contributed by atoms with Gasteiger partial charge in [0, 0.05) is 43.5 Å². The summed E-state index contributed by atoms with van der Waals surface area (Å²) in [7, 11) is 0. The maximum atomic E-state index is 12.9. The van der Waals surface area contributed by atoms with Crippen molar-refractivity contribution < 1.29 is 19.4 Å². The number of nitrogens with one attached hydrogen (secondary N) is 1. The number of allylic oxidation sites excluding steroid dienone is 1. The lowest BCUT2D eigenvalue weighted by atomic mass is 10.0. The number of pyridine rings is 1. The smallest absolute Gasteiger partial charge is 0.322 e. The summed E-state index contributed by atoms with van der Waals surface area (Å²) in [4.78, 5) is 21.4. The van der Waals surface area contributed by atoms with Gasteiger partial charge < -0.3 is 29.7 Å². The Hall–Kier alpha value is -3.61. The highest BCUT2D eigenvalue weighted by Gasteiger charge is 2.23. The second kappa shape index (κ2) is 11.2. The van der Waals surface area contributed by atoms with Crippen molar-refractivity contribution in [2.45, 2.75) is 20.3 Å². The SMILES string of the molecule is C/C(C#N)=C1\CCN(C(=O)Nc2ccc(C)c(-c3cc(OCCO)nc(N4CCOCC4)c3)c2)C1. The van der Waals surface area contributed by atoms with Crippen LogP contribution in [0.1, 0.15) is 18.9 Å². The molecule has 2 aromatic rings. The van der Waals surface area contributed by atoms with Crippen LogP contribution in [0.4, 0.5) is 16.3 Å². The normalized spacial score (nSPS) is 17.2. The van der Waals surface area contributed by atoms with Crippen LogP contribution in [0.25, 0.3) is 11.1 Å². The van der Waals surface area contributed by atoms with Crippen LogP contribution in [0.5, 0.6) is 5.88 Å². The molecule has 0 spiro atoms. The Morgan fingerprint density at radius 3 is 2.80 bits per heavy atom. The third kappa shape index (κ3) is 5.91. The van der Waals surface area contributed by atoms with E-state index in [1.165, 1.54) is 0 Å². The number of rotatable bonds is 6. The topological polar surface area (TPSA) is 111 Å². The van der Waals surface area contributed by atoms with Gasteiger partial charge in [-0.05, 0) is 60.7 Å². The molecule has 4 rings (SSSR count). The van der Waals surface area contributed by atoms with Crippen molar-refractivity contribution in [2.75, 3.05) is 62.8 Å². The molecule has 0 bridgehead atoms. The summed E-state index contributed by atoms with van der Waals surface area (Å²) in [6, 6.07) is 11.7. The Bertz CT molecular complexity index is 1150. The minimum atomic E-state index is -0.184. The van der Waals surface area contributed by atoms with Crippen LogP contribution in [-0.4, -0.2) is 73.6 Å². The Morgan fingerprint density at radius 2 is 2.06 bits per heavy atom. The number of aryl methyl sites for hydroxylation is 1. The molecule has 184 valence electrons. The van der Waals surface area contributed by atoms with E-state index in [-0.39, 0.29) is 19.2 Å². The van der Waals surface area contributed by atoms with Gasteiger partial charge in [0.05, 0.1) is 25.9 Å². The summed E-state index contributed by atoms with van der Waals surface area (Å²) >= 11 is 0. The minimum absolute atomic E-state index is 0.0966. The van der Waals surface area contributed by atoms with Crippen LogP contribution in [0.2, 0.25) is 0 Å². The summed E-state index contributed by atoms with van der Waals surface area (Å²) in [6.07, 6.45) is 0.726. The fourth-order valence-corrected chi connectivity index (χ4v) is 4.26. The number of hydrogen-bond donors (Lipinski definition) is 2. The van der Waals surface area contributed by atoms with Gasteiger partial charge in [-0.15, -0.1) is 0 Å². The number of amides is 2. The Balaban J connectivity index is 1.59. The number of nitriles is 1. The molecule has 1 aromatic carbocycles. The minimum Gasteiger partial charge on any atom is -0.475 e. The third-order valence-electron chi connectivity index (χ3n) is 6.31. The van der Waals surface area contributed by atoms with Gasteiger partial charge in [0.15, 0.2) is 0 Å². The number of likely N-dealkylation sites (tertiary alicyclic amines) is 1. The zero-order chi connectivity index (χ0) is 24.8. The highest BCUT2D eigenvalue weighted by Crippen LogP contribution is 2.32. The highest BCUT2D eigenvalue weighted by atomic mass is 16.5. The Morgan fingerprint density at radius 1 is 1.26 bits per heavy atom. The first kappa shape index (κ1) is 24.5. The van der Waals surface area contributed by atoms with E-state index in [0.717, 1.165) is 47.6 Å². The number of carbonyl (C=O) groups excluding carboxylic acids is 1. The number of aliphatic hydroxyl groups excluding tert-OH is 1. The van der Waals surface area contributed by atoms with E-state index in [1.807, 2.05) is 37.3 Å². The molecule has 2 amide bonds. The molecule has 0 radical (unpaired) electrons. The number of hydrogen-bond acceptors (Lipinski definition) is 7. The van der Waals surface area contributed by atoms with Gasteiger partial charge in [-0.2, -0.15) is 10.2 Å². The van der Waals surface area contributed by atoms with Crippen molar-refractivity contribution in [3.63, 3.8) is 0 Å². The van der Waals surface area contributed by atoms with Crippen molar-refractivity contribution in [3.8, 4) is 23.1 Å². The maximum absolute atomic E-state index is 12.9. The molecule has 0 aliphatic carbocycles. The number of morpholine rings is 1. The molecule has 9 heteroatoms. The summed E-state index contributed by atoms with van der Waals surface area (Å²) in [5.41, 5.74) is 5.30. The molecule has 0 atom stereocenters. The molecule has 1 aromatic heterocycles. The summed E-state index contributed by atoms with van der Waals surface area (Å²) in [5.74, 6) is 1.23. The molecular formula is C26H31N5O4. The number of aliphatic hydroxyl groups is 1. The first-order valence-electron chi connectivity index (χ1n) is 11.8. The molecule has 9 nitrogen and oxygen atoms in total. The molecule has 0 saturated carbocycles. The zero-order valence-electron chi connectivity index (χ0n) is 20.2. The van der Waals surface area contributed by atoms with Gasteiger partial charge in [-0.3, -0.25) is 0 Å². The molecule has 2 aliphatic heterocycles. The van der Waals surface area contributed by atoms with Crippen LogP contribution >= 0.6 is 0 Å². The fraction of sp³-hybridized carbons (Fsp3) is 0.423. The van der Waals surface area contributed by atoms with Crippen molar-refractivity contribution in [1.82, 2.24) is 9.88 Å². The predicted molar refractivity (Wildman–Crippen MR) is 134 cm³/mol. The summed E-state index contributed by atoms with van der Waals surface area (Å²) in [6.45, 7) is 7.70. The number of aromatic nitrogens is 1. The summed E-state index contributed by atoms with van der Waals surface area (Å²) in [5, 5.41) is 21.3. The second-order valence-electron chi connectivity index (χ2n) is 8.70. The molecule has 2 saturated heterocycles. The van der Waals surface area contributed by atoms with Crippen molar-refractivity contribution in [3.05, 3.63) is 47.0 Å². The molecule has 35 heavy (non-hydrogen) atoms. The zero-order valence-corrected chi connectivity index (χ0v) is 20.2. The predicted octanol–water partition coefficient (Wildman–Crippen LogP) is 3.34. The van der Waals surface area contributed by atoms with E-state index in [9.17, 15) is 9.90 Å². The monoisotopic (exact) mass is 477 g/mol. The number of nitrogens with zero attached hydrogens (tertiary/aromatic N) is 4. The van der Waals surface area contributed by atoms with Crippen LogP contribution in [0.15, 0.2) is 41.5 Å². The van der Waals surface area contributed by atoms with Crippen LogP contribution in [0, 0.1) is 18.3 Å². The lowest BCUT2D eigenvalue weighted by molar-refractivity contribution is 0.122. The lowest BCUT2D eigenvalue weighted by Gasteiger charge is -2.28. The van der Waals surface area contributed by atoms with E-state index < -0.39 is 0 Å². The van der Waals surface area contributed by atoms with Crippen molar-refractivity contribution in [1.29, 1.82) is 5.26 Å². The maximum Gasteiger partial charge on any atom is 0.322 e. The van der Waals surface area contributed by atoms with E-state index in [1.54, 1.807) is 11.8 Å². The number of benzene rings is 1. The molecular weight excluding hydrogens is 446 g/mol. The Kier molecular flexibility index (Phi) is 7.85. The average molecular weight is 478 g/mol. The van der Waals surface area contributed by atoms with Crippen molar-refractivity contribution in [2.24, 2.45) is 0 Å². The Labute approximate surface area is 205 Å². The molecule has 2 N–H and O–H groups in total. The van der Waals surface area contributed by atoms with Crippen LogP contribution < -0.4 is 15.0 Å². The first-order chi connectivity index (χ1) is 17.0. The van der Waals surface area contributed by atoms with Crippen LogP contribution in [0.3, 0.4) is 0 Å². The number of carbonyl (C=O) groups is 1. The van der Waals surface area contributed by atoms with E-state index in [2.05, 4.69) is 21.3 Å². The largest absolute Gasteiger partial charge is 0.475 e. The third-order valence-corrected chi connectivity index (χ3v) is 6.31. The van der Waals surface area contributed by atoms with E-state index >= 15 is 0 Å². The summed E-state index contributed by atoms with van der Waals surface area (Å²) < 4.78 is 11.1. The standard InChI is InChI=1S/C26H31N5O4/c1-18-3-4-22(28-26(33)31-6-5-20(17-31)19(2)16-27)15-23(18)21-13-24(30-7-10-34-11-8-30)29-25(14-21)35-12-9-32/h3-4,13-15,32H,5-12,17H2,1-2H3,(H,28,33)/b20-19-. The van der Waals surface area contributed by atoms with E-state index in [0.29, 0.717) is 43.4 Å². The van der Waals surface area contributed by atoms with Crippen LogP contribution in [-0.2, 0) is 4.74 Å². The second-order valence-corrected chi connectivity index (χ2v) is 8.70. The van der Waals surface area contributed by atoms with Gasteiger partial charge in [-0.25, -0.2) is 4.79 Å². The lowest BCUT2D eigenvalue weighted by Crippen LogP contribution is -2.36. The van der Waals surface area contributed by atoms with Gasteiger partial charge in [0.2, 0.25) is 5.88 Å². The van der Waals surface area contributed by atoms with Gasteiger partial charge >= 0.3 is 6.03 Å². The molecule has 2 aliphatic rings. The van der Waals surface area contributed by atoms with Gasteiger partial charge in [0.25, 0.3) is 0 Å². The molecule has 3 heterocycles. The fourth-order valence-electron chi connectivity index (χ4n) is 4.26. The van der Waals surface area contributed by atoms with Crippen molar-refractivity contribution >= 4 is 17.5 Å². The molecule has 0 unspecified atom stereocenters. The quantitative estimate of drug-likeness (QED) is 0.614. The van der Waals surface area contributed by atoms with Gasteiger partial charge in [0.1, 0.15) is 12.4 Å². The first-order valence-corrected chi connectivity index (χ1v) is 11.8. The number of anilines is 2. The highest BCUT2D eigenvalue weighted by molar-refractivity contribution is 5.91. The number of urea groups is 1.